The van der Waals surface area contributed by atoms with E-state index >= 15 is 0 Å². The number of nitrogens with one attached hydrogen (secondary N) is 1. The van der Waals surface area contributed by atoms with Crippen LogP contribution in [0.25, 0.3) is 11.3 Å². The smallest absolute Gasteiger partial charge is 0.307 e. The van der Waals surface area contributed by atoms with E-state index in [-0.39, 0.29) is 17.8 Å². The zero-order chi connectivity index (χ0) is 15.8. The molecule has 0 spiro atoms. The van der Waals surface area contributed by atoms with Crippen molar-refractivity contribution in [1.82, 2.24) is 15.2 Å². The highest BCUT2D eigenvalue weighted by molar-refractivity contribution is 5.90. The van der Waals surface area contributed by atoms with Gasteiger partial charge in [-0.2, -0.15) is 0 Å². The minimum absolute atomic E-state index is 0.146. The van der Waals surface area contributed by atoms with Crippen LogP contribution in [0.3, 0.4) is 0 Å². The highest BCUT2D eigenvalue weighted by Gasteiger charge is 2.40. The van der Waals surface area contributed by atoms with E-state index in [4.69, 9.17) is 4.42 Å². The Morgan fingerprint density at radius 2 is 2.00 bits per heavy atom. The Balaban J connectivity index is 1.49. The Bertz CT molecular complexity index is 687. The molecule has 1 aromatic carbocycles. The van der Waals surface area contributed by atoms with Crippen LogP contribution in [-0.2, 0) is 0 Å². The van der Waals surface area contributed by atoms with Crippen LogP contribution in [0.4, 0.5) is 0 Å². The van der Waals surface area contributed by atoms with Gasteiger partial charge < -0.3 is 9.73 Å². The molecule has 1 amide bonds. The molecule has 0 radical (unpaired) electrons. The van der Waals surface area contributed by atoms with E-state index < -0.39 is 0 Å². The standard InChI is InChI=1S/C18H21N3O2/c1-12-16(14-7-9-21(12)10-8-14)20-17(22)18-19-11-15(23-18)13-5-3-2-4-6-13/h2-6,11-12,14,16H,7-10H2,1H3,(H,20,22)/t12-,16-/m0/s1. The van der Waals surface area contributed by atoms with Gasteiger partial charge in [0.1, 0.15) is 0 Å². The number of carbonyl (C=O) groups is 1. The first-order valence-corrected chi connectivity index (χ1v) is 8.28. The second kappa shape index (κ2) is 5.81. The third kappa shape index (κ3) is 2.65. The Kier molecular flexibility index (Phi) is 3.65. The summed E-state index contributed by atoms with van der Waals surface area (Å²) in [7, 11) is 0. The van der Waals surface area contributed by atoms with Crippen molar-refractivity contribution in [2.75, 3.05) is 13.1 Å². The van der Waals surface area contributed by atoms with Crippen LogP contribution >= 0.6 is 0 Å². The second-order valence-corrected chi connectivity index (χ2v) is 6.51. The number of hydrogen-bond acceptors (Lipinski definition) is 4. The fourth-order valence-corrected chi connectivity index (χ4v) is 3.87. The first-order valence-electron chi connectivity index (χ1n) is 8.28. The van der Waals surface area contributed by atoms with Crippen LogP contribution in [0.2, 0.25) is 0 Å². The lowest BCUT2D eigenvalue weighted by molar-refractivity contribution is 0.0210. The Morgan fingerprint density at radius 1 is 1.26 bits per heavy atom. The van der Waals surface area contributed by atoms with Crippen molar-refractivity contribution in [3.8, 4) is 11.3 Å². The topological polar surface area (TPSA) is 58.4 Å². The molecule has 5 nitrogen and oxygen atoms in total. The number of nitrogens with zero attached hydrogens (tertiary/aromatic N) is 2. The summed E-state index contributed by atoms with van der Waals surface area (Å²) in [5.74, 6) is 1.13. The Hall–Kier alpha value is -2.14. The molecule has 23 heavy (non-hydrogen) atoms. The first-order chi connectivity index (χ1) is 11.2. The summed E-state index contributed by atoms with van der Waals surface area (Å²) in [4.78, 5) is 19.1. The molecular formula is C18H21N3O2. The molecule has 3 fully saturated rings. The lowest BCUT2D eigenvalue weighted by Gasteiger charge is -2.49. The van der Waals surface area contributed by atoms with E-state index in [1.807, 2.05) is 30.3 Å². The number of piperidine rings is 3. The van der Waals surface area contributed by atoms with Crippen LogP contribution in [-0.4, -0.2) is 41.0 Å². The molecule has 0 unspecified atom stereocenters. The predicted octanol–water partition coefficient (Wildman–Crippen LogP) is 2.55. The minimum atomic E-state index is -0.210. The van der Waals surface area contributed by atoms with Gasteiger partial charge in [-0.15, -0.1) is 0 Å². The zero-order valence-corrected chi connectivity index (χ0v) is 13.2. The van der Waals surface area contributed by atoms with E-state index in [1.165, 1.54) is 0 Å². The zero-order valence-electron chi connectivity index (χ0n) is 13.2. The Morgan fingerprint density at radius 3 is 2.70 bits per heavy atom. The number of amides is 1. The number of hydrogen-bond donors (Lipinski definition) is 1. The Labute approximate surface area is 135 Å². The highest BCUT2D eigenvalue weighted by atomic mass is 16.4. The normalized spacial score (nSPS) is 29.4. The maximum atomic E-state index is 12.5. The summed E-state index contributed by atoms with van der Waals surface area (Å²) in [6, 6.07) is 10.3. The van der Waals surface area contributed by atoms with Gasteiger partial charge in [-0.3, -0.25) is 9.69 Å². The molecule has 2 bridgehead atoms. The van der Waals surface area contributed by atoms with Crippen molar-refractivity contribution in [1.29, 1.82) is 0 Å². The van der Waals surface area contributed by atoms with E-state index in [0.717, 1.165) is 31.5 Å². The monoisotopic (exact) mass is 311 g/mol. The van der Waals surface area contributed by atoms with Gasteiger partial charge in [0.2, 0.25) is 0 Å². The molecule has 2 aromatic rings. The average molecular weight is 311 g/mol. The van der Waals surface area contributed by atoms with Gasteiger partial charge in [0, 0.05) is 17.6 Å². The average Bonchev–Trinajstić information content (AvgIpc) is 3.09. The molecule has 120 valence electrons. The van der Waals surface area contributed by atoms with Crippen LogP contribution in [0.15, 0.2) is 40.9 Å². The van der Waals surface area contributed by atoms with E-state index in [2.05, 4.69) is 22.1 Å². The molecule has 5 heteroatoms. The van der Waals surface area contributed by atoms with Gasteiger partial charge >= 0.3 is 5.91 Å². The highest BCUT2D eigenvalue weighted by Crippen LogP contribution is 2.32. The van der Waals surface area contributed by atoms with Gasteiger partial charge in [-0.1, -0.05) is 30.3 Å². The molecule has 3 aliphatic rings. The van der Waals surface area contributed by atoms with Crippen LogP contribution in [0.1, 0.15) is 30.5 Å². The largest absolute Gasteiger partial charge is 0.432 e. The van der Waals surface area contributed by atoms with Crippen LogP contribution < -0.4 is 5.32 Å². The number of carbonyl (C=O) groups excluding carboxylic acids is 1. The lowest BCUT2D eigenvalue weighted by atomic mass is 9.79. The van der Waals surface area contributed by atoms with Crippen molar-refractivity contribution in [2.45, 2.75) is 31.8 Å². The SMILES string of the molecule is C[C@H]1[C@H](NC(=O)c2ncc(-c3ccccc3)o2)C2CCN1CC2. The van der Waals surface area contributed by atoms with E-state index in [0.29, 0.717) is 17.7 Å². The van der Waals surface area contributed by atoms with Crippen molar-refractivity contribution in [2.24, 2.45) is 5.92 Å². The van der Waals surface area contributed by atoms with Gasteiger partial charge in [0.05, 0.1) is 6.20 Å². The molecule has 3 aliphatic heterocycles. The maximum absolute atomic E-state index is 12.5. The van der Waals surface area contributed by atoms with Gasteiger partial charge in [0.15, 0.2) is 5.76 Å². The van der Waals surface area contributed by atoms with E-state index in [9.17, 15) is 4.79 Å². The molecular weight excluding hydrogens is 290 g/mol. The summed E-state index contributed by atoms with van der Waals surface area (Å²) in [5, 5.41) is 3.14. The summed E-state index contributed by atoms with van der Waals surface area (Å²) in [6.45, 7) is 4.49. The van der Waals surface area contributed by atoms with Crippen LogP contribution in [0, 0.1) is 5.92 Å². The molecule has 5 rings (SSSR count). The third-order valence-electron chi connectivity index (χ3n) is 5.23. The fourth-order valence-electron chi connectivity index (χ4n) is 3.87. The van der Waals surface area contributed by atoms with Gasteiger partial charge in [-0.05, 0) is 38.8 Å². The van der Waals surface area contributed by atoms with Crippen LogP contribution in [0.5, 0.6) is 0 Å². The molecule has 2 atom stereocenters. The van der Waals surface area contributed by atoms with Crippen molar-refractivity contribution in [3.63, 3.8) is 0 Å². The van der Waals surface area contributed by atoms with Crippen molar-refractivity contribution in [3.05, 3.63) is 42.4 Å². The number of aromatic nitrogens is 1. The van der Waals surface area contributed by atoms with Crippen molar-refractivity contribution < 1.29 is 9.21 Å². The number of oxazole rings is 1. The predicted molar refractivity (Wildman–Crippen MR) is 87.0 cm³/mol. The molecule has 3 saturated heterocycles. The van der Waals surface area contributed by atoms with E-state index in [1.54, 1.807) is 6.20 Å². The van der Waals surface area contributed by atoms with Crippen molar-refractivity contribution >= 4 is 5.91 Å². The summed E-state index contributed by atoms with van der Waals surface area (Å²) >= 11 is 0. The fraction of sp³-hybridized carbons (Fsp3) is 0.444. The number of rotatable bonds is 3. The second-order valence-electron chi connectivity index (χ2n) is 6.51. The molecule has 4 heterocycles. The summed E-state index contributed by atoms with van der Waals surface area (Å²) < 4.78 is 5.65. The molecule has 1 aromatic heterocycles. The quantitative estimate of drug-likeness (QED) is 0.946. The maximum Gasteiger partial charge on any atom is 0.307 e. The van der Waals surface area contributed by atoms with Gasteiger partial charge in [-0.25, -0.2) is 4.98 Å². The van der Waals surface area contributed by atoms with Gasteiger partial charge in [0.25, 0.3) is 5.89 Å². The molecule has 0 saturated carbocycles. The molecule has 1 N–H and O–H groups in total. The minimum Gasteiger partial charge on any atom is -0.432 e. The third-order valence-corrected chi connectivity index (χ3v) is 5.23. The lowest BCUT2D eigenvalue weighted by Crippen LogP contribution is -2.62. The first kappa shape index (κ1) is 14.5. The summed E-state index contributed by atoms with van der Waals surface area (Å²) in [5.41, 5.74) is 0.926. The summed E-state index contributed by atoms with van der Waals surface area (Å²) in [6.07, 6.45) is 3.94. The number of fused-ring (bicyclic) bond motifs is 3. The molecule has 0 aliphatic carbocycles. The number of benzene rings is 1.